The quantitative estimate of drug-likeness (QED) is 0.165. The fourth-order valence-electron chi connectivity index (χ4n) is 5.78. The third-order valence-corrected chi connectivity index (χ3v) is 8.57. The smallest absolute Gasteiger partial charge is 0.410 e. The number of hydrogen-bond acceptors (Lipinski definition) is 8. The summed E-state index contributed by atoms with van der Waals surface area (Å²) in [6.07, 6.45) is 0.284. The molecule has 3 N–H and O–H groups in total. The van der Waals surface area contributed by atoms with E-state index in [0.717, 1.165) is 5.56 Å². The van der Waals surface area contributed by atoms with Gasteiger partial charge in [-0.25, -0.2) is 9.59 Å². The van der Waals surface area contributed by atoms with Crippen molar-refractivity contribution in [3.8, 4) is 0 Å². The van der Waals surface area contributed by atoms with E-state index < -0.39 is 88.4 Å². The number of rotatable bonds is 14. The average molecular weight is 745 g/mol. The van der Waals surface area contributed by atoms with Crippen molar-refractivity contribution in [1.29, 1.82) is 0 Å². The first-order valence-corrected chi connectivity index (χ1v) is 17.9. The first kappa shape index (κ1) is 46.6. The van der Waals surface area contributed by atoms with Crippen LogP contribution in [-0.4, -0.2) is 100 Å². The minimum atomic E-state index is -1.54. The molecule has 13 nitrogen and oxygen atoms in total. The largest absolute Gasteiger partial charge is 0.480 e. The zero-order valence-corrected chi connectivity index (χ0v) is 34.7. The number of carboxylic acids is 1. The number of carbonyl (C=O) groups is 6. The van der Waals surface area contributed by atoms with Gasteiger partial charge in [-0.15, -0.1) is 0 Å². The maximum absolute atomic E-state index is 14.5. The number of esters is 1. The van der Waals surface area contributed by atoms with Gasteiger partial charge in [0.15, 0.2) is 0 Å². The van der Waals surface area contributed by atoms with Crippen molar-refractivity contribution in [2.45, 2.75) is 144 Å². The van der Waals surface area contributed by atoms with Crippen molar-refractivity contribution in [2.24, 2.45) is 11.3 Å². The lowest BCUT2D eigenvalue weighted by molar-refractivity contribution is -0.158. The van der Waals surface area contributed by atoms with Crippen molar-refractivity contribution < 1.29 is 43.3 Å². The zero-order valence-electron chi connectivity index (χ0n) is 34.7. The molecule has 4 atom stereocenters. The number of carboxylic acid groups (broad SMARTS) is 1. The molecular formula is C40H64N4O9. The third-order valence-electron chi connectivity index (χ3n) is 8.57. The number of nitrogens with zero attached hydrogens (tertiary/aromatic N) is 2. The number of hydrogen-bond donors (Lipinski definition) is 3. The van der Waals surface area contributed by atoms with E-state index in [1.165, 1.54) is 23.8 Å². The van der Waals surface area contributed by atoms with Crippen molar-refractivity contribution in [3.05, 3.63) is 47.5 Å². The number of benzene rings is 1. The van der Waals surface area contributed by atoms with Crippen LogP contribution in [-0.2, 0) is 38.9 Å². The van der Waals surface area contributed by atoms with Crippen LogP contribution in [0.1, 0.15) is 109 Å². The molecule has 298 valence electrons. The standard InChI is InChI=1S/C40H64N4O9/c1-24(2)28(22-25(3)32(46)41-27(35(49)50)23-29(45)52-38(7,8)9)43(15)34(48)30(37(4,5)6)42-33(47)31(44(16)36(51)53-39(10,11)12)40(13,14)26-20-18-17-19-21-26/h17-22,24,27-28,30-31H,23H2,1-16H3,(H,41,46)(H,42,47)(H,49,50)/b25-22+/t27-,28-,30-,31-/m1/s1. The van der Waals surface area contributed by atoms with Crippen molar-refractivity contribution in [1.82, 2.24) is 20.4 Å². The Morgan fingerprint density at radius 3 is 1.74 bits per heavy atom. The number of likely N-dealkylation sites (N-methyl/N-ethyl adjacent to an activating group) is 2. The molecule has 0 aromatic heterocycles. The predicted octanol–water partition coefficient (Wildman–Crippen LogP) is 5.46. The Kier molecular flexibility index (Phi) is 15.9. The van der Waals surface area contributed by atoms with Crippen LogP contribution in [0.3, 0.4) is 0 Å². The zero-order chi connectivity index (χ0) is 41.4. The molecule has 0 saturated heterocycles. The Labute approximate surface area is 316 Å². The molecule has 0 bridgehead atoms. The summed E-state index contributed by atoms with van der Waals surface area (Å²) in [6.45, 7) is 24.5. The van der Waals surface area contributed by atoms with Gasteiger partial charge in [0.1, 0.15) is 29.3 Å². The number of aliphatic carboxylic acids is 1. The Balaban J connectivity index is 3.51. The van der Waals surface area contributed by atoms with Gasteiger partial charge < -0.3 is 30.1 Å². The normalized spacial score (nSPS) is 15.0. The summed E-state index contributed by atoms with van der Waals surface area (Å²) in [4.78, 5) is 82.4. The Morgan fingerprint density at radius 1 is 0.792 bits per heavy atom. The highest BCUT2D eigenvalue weighted by molar-refractivity contribution is 5.97. The van der Waals surface area contributed by atoms with Crippen LogP contribution in [0.25, 0.3) is 0 Å². The number of nitrogens with one attached hydrogen (secondary N) is 2. The monoisotopic (exact) mass is 744 g/mol. The molecule has 53 heavy (non-hydrogen) atoms. The highest BCUT2D eigenvalue weighted by atomic mass is 16.6. The minimum Gasteiger partial charge on any atom is -0.480 e. The molecule has 13 heteroatoms. The number of ether oxygens (including phenoxy) is 2. The molecule has 4 amide bonds. The molecule has 0 aliphatic carbocycles. The molecule has 0 aliphatic rings. The third kappa shape index (κ3) is 14.2. The van der Waals surface area contributed by atoms with Crippen LogP contribution in [0, 0.1) is 11.3 Å². The SMILES string of the molecule is C/C(=C\[C@H](C(C)C)N(C)C(=O)[C@@H](NC(=O)[C@@H](N(C)C(=O)OC(C)(C)C)C(C)(C)c1ccccc1)C(C)(C)C)C(=O)N[C@H](CC(=O)OC(C)(C)C)C(=O)O. The first-order chi connectivity index (χ1) is 23.9. The summed E-state index contributed by atoms with van der Waals surface area (Å²) in [5, 5.41) is 15.0. The molecule has 0 spiro atoms. The molecule has 0 heterocycles. The second-order valence-corrected chi connectivity index (χ2v) is 17.6. The lowest BCUT2D eigenvalue weighted by atomic mass is 9.76. The minimum absolute atomic E-state index is 0.124. The van der Waals surface area contributed by atoms with E-state index in [1.807, 2.05) is 78.8 Å². The molecule has 1 rings (SSSR count). The Morgan fingerprint density at radius 2 is 1.30 bits per heavy atom. The average Bonchev–Trinajstić information content (AvgIpc) is 2.99. The fourth-order valence-corrected chi connectivity index (χ4v) is 5.78. The summed E-state index contributed by atoms with van der Waals surface area (Å²) < 4.78 is 10.9. The van der Waals surface area contributed by atoms with Crippen molar-refractivity contribution in [2.75, 3.05) is 14.1 Å². The lowest BCUT2D eigenvalue weighted by Crippen LogP contribution is -2.63. The predicted molar refractivity (Wildman–Crippen MR) is 204 cm³/mol. The van der Waals surface area contributed by atoms with Gasteiger partial charge >= 0.3 is 18.0 Å². The molecule has 0 fully saturated rings. The van der Waals surface area contributed by atoms with Crippen LogP contribution < -0.4 is 10.6 Å². The van der Waals surface area contributed by atoms with Crippen LogP contribution in [0.15, 0.2) is 42.0 Å². The number of amides is 4. The summed E-state index contributed by atoms with van der Waals surface area (Å²) in [5.74, 6) is -4.14. The van der Waals surface area contributed by atoms with Gasteiger partial charge in [0.05, 0.1) is 12.5 Å². The van der Waals surface area contributed by atoms with Gasteiger partial charge in [-0.2, -0.15) is 0 Å². The van der Waals surface area contributed by atoms with E-state index in [2.05, 4.69) is 10.6 Å². The second kappa shape index (κ2) is 18.1. The van der Waals surface area contributed by atoms with Gasteiger partial charge in [-0.3, -0.25) is 24.1 Å². The second-order valence-electron chi connectivity index (χ2n) is 17.6. The molecule has 1 aromatic carbocycles. The summed E-state index contributed by atoms with van der Waals surface area (Å²) >= 11 is 0. The highest BCUT2D eigenvalue weighted by Gasteiger charge is 2.46. The first-order valence-electron chi connectivity index (χ1n) is 17.9. The van der Waals surface area contributed by atoms with E-state index in [-0.39, 0.29) is 11.5 Å². The fraction of sp³-hybridized carbons (Fsp3) is 0.650. The van der Waals surface area contributed by atoms with E-state index in [0.29, 0.717) is 0 Å². The van der Waals surface area contributed by atoms with Gasteiger partial charge in [0, 0.05) is 25.1 Å². The Hall–Kier alpha value is -4.42. The molecule has 0 radical (unpaired) electrons. The van der Waals surface area contributed by atoms with E-state index >= 15 is 0 Å². The van der Waals surface area contributed by atoms with Gasteiger partial charge in [-0.1, -0.05) is 84.9 Å². The van der Waals surface area contributed by atoms with E-state index in [1.54, 1.807) is 54.7 Å². The van der Waals surface area contributed by atoms with E-state index in [9.17, 15) is 33.9 Å². The lowest BCUT2D eigenvalue weighted by Gasteiger charge is -2.42. The highest BCUT2D eigenvalue weighted by Crippen LogP contribution is 2.32. The van der Waals surface area contributed by atoms with Crippen LogP contribution >= 0.6 is 0 Å². The van der Waals surface area contributed by atoms with Crippen molar-refractivity contribution >= 4 is 35.8 Å². The van der Waals surface area contributed by atoms with Crippen LogP contribution in [0.2, 0.25) is 0 Å². The summed E-state index contributed by atoms with van der Waals surface area (Å²) in [5.41, 5.74) is -2.48. The van der Waals surface area contributed by atoms with Gasteiger partial charge in [0.2, 0.25) is 17.7 Å². The van der Waals surface area contributed by atoms with Crippen molar-refractivity contribution in [3.63, 3.8) is 0 Å². The number of carbonyl (C=O) groups excluding carboxylic acids is 5. The summed E-state index contributed by atoms with van der Waals surface area (Å²) in [6, 6.07) is 4.93. The summed E-state index contributed by atoms with van der Waals surface area (Å²) in [7, 11) is 3.07. The van der Waals surface area contributed by atoms with Gasteiger partial charge in [0.25, 0.3) is 0 Å². The van der Waals surface area contributed by atoms with Crippen LogP contribution in [0.5, 0.6) is 0 Å². The molecule has 1 aromatic rings. The topological polar surface area (TPSA) is 172 Å². The Bertz CT molecular complexity index is 1500. The maximum Gasteiger partial charge on any atom is 0.410 e. The molecule has 0 saturated carbocycles. The maximum atomic E-state index is 14.5. The van der Waals surface area contributed by atoms with Gasteiger partial charge in [-0.05, 0) is 65.4 Å². The molecule has 0 aliphatic heterocycles. The van der Waals surface area contributed by atoms with Crippen LogP contribution in [0.4, 0.5) is 4.79 Å². The molecular weight excluding hydrogens is 680 g/mol. The van der Waals surface area contributed by atoms with E-state index in [4.69, 9.17) is 9.47 Å². The molecule has 0 unspecified atom stereocenters.